The van der Waals surface area contributed by atoms with E-state index in [1.54, 1.807) is 72.8 Å². The van der Waals surface area contributed by atoms with Gasteiger partial charge in [0.05, 0.1) is 12.2 Å². The molecule has 3 rings (SSSR count). The molecule has 28 heavy (non-hydrogen) atoms. The lowest BCUT2D eigenvalue weighted by molar-refractivity contribution is -0.114. The Morgan fingerprint density at radius 1 is 0.714 bits per heavy atom. The van der Waals surface area contributed by atoms with Crippen LogP contribution in [-0.2, 0) is 4.79 Å². The normalized spacial score (nSPS) is 10.2. The summed E-state index contributed by atoms with van der Waals surface area (Å²) in [6.07, 6.45) is 0. The van der Waals surface area contributed by atoms with E-state index in [0.717, 1.165) is 0 Å². The molecule has 140 valence electrons. The molecule has 0 spiro atoms. The van der Waals surface area contributed by atoms with Gasteiger partial charge in [-0.05, 0) is 31.2 Å². The molecule has 0 atom stereocenters. The van der Waals surface area contributed by atoms with Crippen LogP contribution in [-0.4, -0.2) is 24.0 Å². The van der Waals surface area contributed by atoms with Crippen molar-refractivity contribution >= 4 is 28.8 Å². The fourth-order valence-corrected chi connectivity index (χ4v) is 2.85. The summed E-state index contributed by atoms with van der Waals surface area (Å²) < 4.78 is 0. The molecule has 0 bridgehead atoms. The van der Waals surface area contributed by atoms with Crippen molar-refractivity contribution in [2.75, 3.05) is 17.2 Å². The number of hydrogen-bond donors (Lipinski definition) is 2. The number of para-hydroxylation sites is 2. The lowest BCUT2D eigenvalue weighted by atomic mass is 10.0. The van der Waals surface area contributed by atoms with Crippen LogP contribution in [0.2, 0.25) is 0 Å². The molecule has 0 heterocycles. The highest BCUT2D eigenvalue weighted by atomic mass is 16.2. The van der Waals surface area contributed by atoms with Gasteiger partial charge in [-0.3, -0.25) is 14.4 Å². The molecule has 3 aromatic carbocycles. The Balaban J connectivity index is 1.72. The summed E-state index contributed by atoms with van der Waals surface area (Å²) in [4.78, 5) is 36.8. The van der Waals surface area contributed by atoms with Gasteiger partial charge in [0, 0.05) is 22.4 Å². The standard InChI is InChI=1S/C23H20N2O3/c1-16(26)18-11-5-7-13-20(18)24-15-22(27)25-21-14-8-6-12-19(21)23(28)17-9-3-2-4-10-17/h2-14,24H,15H2,1H3,(H,25,27). The summed E-state index contributed by atoms with van der Waals surface area (Å²) in [7, 11) is 0. The number of hydrogen-bond acceptors (Lipinski definition) is 4. The van der Waals surface area contributed by atoms with E-state index < -0.39 is 0 Å². The first-order valence-electron chi connectivity index (χ1n) is 8.88. The first-order valence-corrected chi connectivity index (χ1v) is 8.88. The minimum Gasteiger partial charge on any atom is -0.376 e. The van der Waals surface area contributed by atoms with Gasteiger partial charge in [0.25, 0.3) is 0 Å². The number of anilines is 2. The lowest BCUT2D eigenvalue weighted by Gasteiger charge is -2.13. The average Bonchev–Trinajstić information content (AvgIpc) is 2.73. The summed E-state index contributed by atoms with van der Waals surface area (Å²) in [6, 6.07) is 22.8. The van der Waals surface area contributed by atoms with Crippen molar-refractivity contribution in [3.63, 3.8) is 0 Å². The topological polar surface area (TPSA) is 75.3 Å². The summed E-state index contributed by atoms with van der Waals surface area (Å²) in [6.45, 7) is 1.45. The number of carbonyl (C=O) groups is 3. The van der Waals surface area contributed by atoms with E-state index in [4.69, 9.17) is 0 Å². The van der Waals surface area contributed by atoms with Gasteiger partial charge in [-0.2, -0.15) is 0 Å². The molecule has 3 aromatic rings. The quantitative estimate of drug-likeness (QED) is 0.611. The maximum Gasteiger partial charge on any atom is 0.243 e. The maximum absolute atomic E-state index is 12.7. The Morgan fingerprint density at radius 3 is 1.96 bits per heavy atom. The van der Waals surface area contributed by atoms with Gasteiger partial charge in [0.1, 0.15) is 0 Å². The first kappa shape index (κ1) is 19.0. The van der Waals surface area contributed by atoms with Crippen molar-refractivity contribution in [3.05, 3.63) is 95.6 Å². The zero-order valence-corrected chi connectivity index (χ0v) is 15.4. The Kier molecular flexibility index (Phi) is 5.97. The molecule has 1 amide bonds. The van der Waals surface area contributed by atoms with Crippen molar-refractivity contribution in [1.82, 2.24) is 0 Å². The maximum atomic E-state index is 12.7. The molecular formula is C23H20N2O3. The molecule has 5 nitrogen and oxygen atoms in total. The van der Waals surface area contributed by atoms with Gasteiger partial charge in [0.15, 0.2) is 11.6 Å². The van der Waals surface area contributed by atoms with Gasteiger partial charge in [-0.25, -0.2) is 0 Å². The molecule has 2 N–H and O–H groups in total. The second-order valence-electron chi connectivity index (χ2n) is 6.24. The van der Waals surface area contributed by atoms with Crippen LogP contribution in [0.4, 0.5) is 11.4 Å². The monoisotopic (exact) mass is 372 g/mol. The Hall–Kier alpha value is -3.73. The molecule has 0 aliphatic carbocycles. The van der Waals surface area contributed by atoms with E-state index in [0.29, 0.717) is 28.1 Å². The summed E-state index contributed by atoms with van der Waals surface area (Å²) >= 11 is 0. The SMILES string of the molecule is CC(=O)c1ccccc1NCC(=O)Nc1ccccc1C(=O)c1ccccc1. The smallest absolute Gasteiger partial charge is 0.243 e. The number of Topliss-reactive ketones (excluding diaryl/α,β-unsaturated/α-hetero) is 1. The predicted octanol–water partition coefficient (Wildman–Crippen LogP) is 4.17. The molecule has 0 aliphatic heterocycles. The van der Waals surface area contributed by atoms with Crippen molar-refractivity contribution in [1.29, 1.82) is 0 Å². The Morgan fingerprint density at radius 2 is 1.29 bits per heavy atom. The minimum absolute atomic E-state index is 0.0296. The van der Waals surface area contributed by atoms with Gasteiger partial charge < -0.3 is 10.6 Å². The number of ketones is 2. The second kappa shape index (κ2) is 8.77. The highest BCUT2D eigenvalue weighted by molar-refractivity contribution is 6.14. The third-order valence-corrected chi connectivity index (χ3v) is 4.23. The van der Waals surface area contributed by atoms with E-state index in [-0.39, 0.29) is 24.0 Å². The largest absolute Gasteiger partial charge is 0.376 e. The summed E-state index contributed by atoms with van der Waals surface area (Å²) in [5.41, 5.74) is 2.54. The Bertz CT molecular complexity index is 1010. The zero-order chi connectivity index (χ0) is 19.9. The first-order chi connectivity index (χ1) is 13.6. The third-order valence-electron chi connectivity index (χ3n) is 4.23. The molecule has 0 unspecified atom stereocenters. The van der Waals surface area contributed by atoms with E-state index in [1.807, 2.05) is 6.07 Å². The molecule has 0 fully saturated rings. The molecular weight excluding hydrogens is 352 g/mol. The van der Waals surface area contributed by atoms with Crippen LogP contribution in [0.5, 0.6) is 0 Å². The molecule has 0 saturated carbocycles. The van der Waals surface area contributed by atoms with Crippen LogP contribution in [0.25, 0.3) is 0 Å². The average molecular weight is 372 g/mol. The van der Waals surface area contributed by atoms with E-state index in [2.05, 4.69) is 10.6 Å². The summed E-state index contributed by atoms with van der Waals surface area (Å²) in [5, 5.41) is 5.75. The van der Waals surface area contributed by atoms with Crippen LogP contribution in [0.1, 0.15) is 33.2 Å². The highest BCUT2D eigenvalue weighted by Crippen LogP contribution is 2.20. The molecule has 0 aromatic heterocycles. The van der Waals surface area contributed by atoms with Gasteiger partial charge >= 0.3 is 0 Å². The van der Waals surface area contributed by atoms with Crippen LogP contribution in [0, 0.1) is 0 Å². The van der Waals surface area contributed by atoms with E-state index in [1.165, 1.54) is 6.92 Å². The minimum atomic E-state index is -0.313. The fraction of sp³-hybridized carbons (Fsp3) is 0.0870. The number of rotatable bonds is 7. The van der Waals surface area contributed by atoms with Crippen molar-refractivity contribution in [2.45, 2.75) is 6.92 Å². The number of nitrogens with one attached hydrogen (secondary N) is 2. The number of amides is 1. The molecule has 0 aliphatic rings. The van der Waals surface area contributed by atoms with Crippen molar-refractivity contribution in [3.8, 4) is 0 Å². The highest BCUT2D eigenvalue weighted by Gasteiger charge is 2.15. The van der Waals surface area contributed by atoms with E-state index >= 15 is 0 Å². The van der Waals surface area contributed by atoms with Crippen LogP contribution < -0.4 is 10.6 Å². The lowest BCUT2D eigenvalue weighted by Crippen LogP contribution is -2.23. The van der Waals surface area contributed by atoms with Crippen LogP contribution >= 0.6 is 0 Å². The molecule has 0 radical (unpaired) electrons. The predicted molar refractivity (Wildman–Crippen MR) is 110 cm³/mol. The third kappa shape index (κ3) is 4.51. The molecule has 5 heteroatoms. The second-order valence-corrected chi connectivity index (χ2v) is 6.24. The van der Waals surface area contributed by atoms with Gasteiger partial charge in [-0.1, -0.05) is 54.6 Å². The van der Waals surface area contributed by atoms with Gasteiger partial charge in [0.2, 0.25) is 5.91 Å². The van der Waals surface area contributed by atoms with Crippen molar-refractivity contribution < 1.29 is 14.4 Å². The number of benzene rings is 3. The Labute approximate surface area is 163 Å². The van der Waals surface area contributed by atoms with Crippen molar-refractivity contribution in [2.24, 2.45) is 0 Å². The van der Waals surface area contributed by atoms with E-state index in [9.17, 15) is 14.4 Å². The zero-order valence-electron chi connectivity index (χ0n) is 15.4. The summed E-state index contributed by atoms with van der Waals surface area (Å²) in [5.74, 6) is -0.555. The number of carbonyl (C=O) groups excluding carboxylic acids is 3. The fourth-order valence-electron chi connectivity index (χ4n) is 2.85. The van der Waals surface area contributed by atoms with Crippen LogP contribution in [0.3, 0.4) is 0 Å². The van der Waals surface area contributed by atoms with Crippen LogP contribution in [0.15, 0.2) is 78.9 Å². The van der Waals surface area contributed by atoms with Gasteiger partial charge in [-0.15, -0.1) is 0 Å². The molecule has 0 saturated heterocycles.